The number of carboxylic acid groups (broad SMARTS) is 1. The molecule has 32 heavy (non-hydrogen) atoms. The van der Waals surface area contributed by atoms with Gasteiger partial charge < -0.3 is 19.3 Å². The number of carbonyl (C=O) groups excluding carboxylic acids is 3. The van der Waals surface area contributed by atoms with Crippen molar-refractivity contribution in [1.82, 2.24) is 5.32 Å². The van der Waals surface area contributed by atoms with Crippen LogP contribution in [0.3, 0.4) is 0 Å². The predicted molar refractivity (Wildman–Crippen MR) is 114 cm³/mol. The van der Waals surface area contributed by atoms with Crippen molar-refractivity contribution < 1.29 is 38.5 Å². The summed E-state index contributed by atoms with van der Waals surface area (Å²) in [4.78, 5) is 48.0. The third kappa shape index (κ3) is 7.05. The fourth-order valence-corrected chi connectivity index (χ4v) is 3.78. The van der Waals surface area contributed by atoms with Crippen molar-refractivity contribution >= 4 is 23.9 Å². The van der Waals surface area contributed by atoms with E-state index in [1.54, 1.807) is 13.8 Å². The molecule has 0 spiro atoms. The number of hydrogen-bond acceptors (Lipinski definition) is 8. The molecule has 1 aromatic rings. The lowest BCUT2D eigenvalue weighted by atomic mass is 9.89. The summed E-state index contributed by atoms with van der Waals surface area (Å²) in [5.41, 5.74) is -1.61. The lowest BCUT2D eigenvalue weighted by Crippen LogP contribution is -2.59. The summed E-state index contributed by atoms with van der Waals surface area (Å²) in [6.07, 6.45) is 3.97. The monoisotopic (exact) mass is 449 g/mol. The molecule has 1 aromatic carbocycles. The fraction of sp³-hybridized carbons (Fsp3) is 0.565. The number of rotatable bonds is 9. The zero-order chi connectivity index (χ0) is 23.9. The van der Waals surface area contributed by atoms with Gasteiger partial charge in [0.15, 0.2) is 11.5 Å². The van der Waals surface area contributed by atoms with Gasteiger partial charge in [-0.05, 0) is 44.4 Å². The van der Waals surface area contributed by atoms with Crippen molar-refractivity contribution in [3.8, 4) is 11.5 Å². The van der Waals surface area contributed by atoms with Gasteiger partial charge in [0, 0.05) is 26.3 Å². The highest BCUT2D eigenvalue weighted by Crippen LogP contribution is 2.32. The van der Waals surface area contributed by atoms with Crippen LogP contribution in [0.15, 0.2) is 18.2 Å². The molecule has 1 saturated carbocycles. The molecule has 0 unspecified atom stereocenters. The van der Waals surface area contributed by atoms with Gasteiger partial charge >= 0.3 is 23.9 Å². The Kier molecular flexibility index (Phi) is 8.77. The highest BCUT2D eigenvalue weighted by molar-refractivity contribution is 5.83. The first kappa shape index (κ1) is 25.3. The average molecular weight is 450 g/mol. The molecule has 0 saturated heterocycles. The summed E-state index contributed by atoms with van der Waals surface area (Å²) in [5, 5.41) is 13.0. The molecule has 1 fully saturated rings. The first-order valence-electron chi connectivity index (χ1n) is 10.8. The number of benzene rings is 1. The average Bonchev–Trinajstić information content (AvgIpc) is 2.69. The summed E-state index contributed by atoms with van der Waals surface area (Å²) in [5.74, 6) is -3.47. The zero-order valence-electron chi connectivity index (χ0n) is 18.9. The zero-order valence-corrected chi connectivity index (χ0v) is 18.9. The Bertz CT molecular complexity index is 860. The van der Waals surface area contributed by atoms with Gasteiger partial charge in [-0.15, -0.1) is 0 Å². The molecular weight excluding hydrogens is 418 g/mol. The van der Waals surface area contributed by atoms with Gasteiger partial charge in [0.1, 0.15) is 0 Å². The number of esters is 3. The summed E-state index contributed by atoms with van der Waals surface area (Å²) in [6, 6.07) is 4.02. The molecule has 0 bridgehead atoms. The minimum Gasteiger partial charge on any atom is -0.477 e. The van der Waals surface area contributed by atoms with Crippen LogP contribution in [0.4, 0.5) is 0 Å². The van der Waals surface area contributed by atoms with Crippen molar-refractivity contribution in [3.05, 3.63) is 23.8 Å². The van der Waals surface area contributed by atoms with E-state index >= 15 is 0 Å². The molecule has 0 heterocycles. The second kappa shape index (κ2) is 11.1. The molecule has 2 N–H and O–H groups in total. The lowest BCUT2D eigenvalue weighted by molar-refractivity contribution is -0.188. The van der Waals surface area contributed by atoms with E-state index in [0.717, 1.165) is 19.3 Å². The molecule has 1 aliphatic rings. The van der Waals surface area contributed by atoms with Gasteiger partial charge in [0.25, 0.3) is 5.72 Å². The van der Waals surface area contributed by atoms with Gasteiger partial charge in [-0.2, -0.15) is 0 Å². The van der Waals surface area contributed by atoms with Crippen LogP contribution >= 0.6 is 0 Å². The minimum atomic E-state index is -2.01. The standard InChI is InChI=1S/C23H31NO8/c1-14(2)24-23(22(28)29,32-21(27)18-8-6-5-7-9-18)13-17-10-11-19(30-15(3)25)20(12-17)31-16(4)26/h10-12,14,18,24H,5-9,13H2,1-4H3,(H,28,29)/t23-/m0/s1. The second-order valence-electron chi connectivity index (χ2n) is 8.33. The van der Waals surface area contributed by atoms with Crippen molar-refractivity contribution in [3.63, 3.8) is 0 Å². The van der Waals surface area contributed by atoms with Crippen molar-refractivity contribution in [2.75, 3.05) is 0 Å². The maximum atomic E-state index is 12.8. The first-order chi connectivity index (χ1) is 15.0. The van der Waals surface area contributed by atoms with Crippen molar-refractivity contribution in [2.24, 2.45) is 5.92 Å². The van der Waals surface area contributed by atoms with Crippen LogP contribution in [-0.2, 0) is 30.3 Å². The Morgan fingerprint density at radius 1 is 1.03 bits per heavy atom. The van der Waals surface area contributed by atoms with Crippen molar-refractivity contribution in [1.29, 1.82) is 0 Å². The van der Waals surface area contributed by atoms with Gasteiger partial charge in [-0.1, -0.05) is 25.3 Å². The first-order valence-corrected chi connectivity index (χ1v) is 10.8. The van der Waals surface area contributed by atoms with Gasteiger partial charge in [-0.3, -0.25) is 19.7 Å². The number of aliphatic carboxylic acids is 1. The van der Waals surface area contributed by atoms with Crippen LogP contribution in [0.5, 0.6) is 11.5 Å². The Morgan fingerprint density at radius 2 is 1.62 bits per heavy atom. The molecule has 0 aromatic heterocycles. The van der Waals surface area contributed by atoms with E-state index in [9.17, 15) is 24.3 Å². The second-order valence-corrected chi connectivity index (χ2v) is 8.33. The summed E-state index contributed by atoms with van der Waals surface area (Å²) in [6.45, 7) is 5.90. The largest absolute Gasteiger partial charge is 0.477 e. The normalized spacial score (nSPS) is 16.2. The quantitative estimate of drug-likeness (QED) is 0.332. The molecule has 2 rings (SSSR count). The highest BCUT2D eigenvalue weighted by Gasteiger charge is 2.45. The Morgan fingerprint density at radius 3 is 2.16 bits per heavy atom. The van der Waals surface area contributed by atoms with E-state index < -0.39 is 29.6 Å². The molecular formula is C23H31NO8. The maximum absolute atomic E-state index is 12.8. The van der Waals surface area contributed by atoms with Crippen LogP contribution in [0, 0.1) is 5.92 Å². The molecule has 176 valence electrons. The van der Waals surface area contributed by atoms with E-state index in [1.165, 1.54) is 32.0 Å². The number of hydrogen-bond donors (Lipinski definition) is 2. The van der Waals surface area contributed by atoms with Crippen LogP contribution < -0.4 is 14.8 Å². The van der Waals surface area contributed by atoms with E-state index in [4.69, 9.17) is 14.2 Å². The molecule has 0 aliphatic heterocycles. The number of carboxylic acids is 1. The Balaban J connectivity index is 2.39. The van der Waals surface area contributed by atoms with E-state index in [2.05, 4.69) is 5.32 Å². The Hall–Kier alpha value is -2.94. The number of ether oxygens (including phenoxy) is 3. The van der Waals surface area contributed by atoms with Crippen LogP contribution in [0.1, 0.15) is 65.4 Å². The van der Waals surface area contributed by atoms with Crippen LogP contribution in [0.2, 0.25) is 0 Å². The maximum Gasteiger partial charge on any atom is 0.364 e. The molecule has 1 atom stereocenters. The van der Waals surface area contributed by atoms with E-state index in [-0.39, 0.29) is 29.9 Å². The minimum absolute atomic E-state index is 0.0217. The lowest BCUT2D eigenvalue weighted by Gasteiger charge is -2.34. The Labute approximate surface area is 187 Å². The third-order valence-electron chi connectivity index (χ3n) is 5.05. The van der Waals surface area contributed by atoms with Gasteiger partial charge in [-0.25, -0.2) is 4.79 Å². The molecule has 0 radical (unpaired) electrons. The third-order valence-corrected chi connectivity index (χ3v) is 5.05. The molecule has 0 amide bonds. The topological polar surface area (TPSA) is 128 Å². The van der Waals surface area contributed by atoms with Gasteiger partial charge in [0.05, 0.1) is 5.92 Å². The molecule has 9 heteroatoms. The van der Waals surface area contributed by atoms with Gasteiger partial charge in [0.2, 0.25) is 0 Å². The number of carbonyl (C=O) groups is 4. The predicted octanol–water partition coefficient (Wildman–Crippen LogP) is 2.98. The summed E-state index contributed by atoms with van der Waals surface area (Å²) < 4.78 is 15.8. The SMILES string of the molecule is CC(=O)Oc1ccc(C[C@](NC(C)C)(OC(=O)C2CCCCC2)C(=O)O)cc1OC(C)=O. The summed E-state index contributed by atoms with van der Waals surface area (Å²) >= 11 is 0. The van der Waals surface area contributed by atoms with E-state index in [1.807, 2.05) is 0 Å². The van der Waals surface area contributed by atoms with Crippen LogP contribution in [-0.4, -0.2) is 40.8 Å². The smallest absolute Gasteiger partial charge is 0.364 e. The molecule has 9 nitrogen and oxygen atoms in total. The van der Waals surface area contributed by atoms with E-state index in [0.29, 0.717) is 18.4 Å². The molecule has 1 aliphatic carbocycles. The summed E-state index contributed by atoms with van der Waals surface area (Å²) in [7, 11) is 0. The van der Waals surface area contributed by atoms with Crippen molar-refractivity contribution in [2.45, 2.75) is 78.0 Å². The fourth-order valence-electron chi connectivity index (χ4n) is 3.78. The highest BCUT2D eigenvalue weighted by atomic mass is 16.6. The number of nitrogens with one attached hydrogen (secondary N) is 1. The van der Waals surface area contributed by atoms with Crippen LogP contribution in [0.25, 0.3) is 0 Å².